The molecule has 232 valence electrons. The second kappa shape index (κ2) is 14.0. The molecule has 2 unspecified atom stereocenters. The second-order valence-corrected chi connectivity index (χ2v) is 12.0. The van der Waals surface area contributed by atoms with Crippen molar-refractivity contribution in [2.24, 2.45) is 5.92 Å². The summed E-state index contributed by atoms with van der Waals surface area (Å²) in [6, 6.07) is 3.67. The molecule has 3 rings (SSSR count). The van der Waals surface area contributed by atoms with Gasteiger partial charge < -0.3 is 15.3 Å². The Hall–Kier alpha value is -3.92. The minimum atomic E-state index is -1.23. The minimum absolute atomic E-state index is 0.00108. The number of hydrogen-bond donors (Lipinski definition) is 2. The number of rotatable bonds is 12. The number of hydrogen-bond acceptors (Lipinski definition) is 5. The molecule has 43 heavy (non-hydrogen) atoms. The van der Waals surface area contributed by atoms with Gasteiger partial charge >= 0.3 is 11.7 Å². The number of carboxylic acid groups (broad SMARTS) is 1. The smallest absolute Gasteiger partial charge is 0.348 e. The molecule has 0 fully saturated rings. The van der Waals surface area contributed by atoms with E-state index in [1.165, 1.54) is 22.8 Å². The summed E-state index contributed by atoms with van der Waals surface area (Å²) in [7, 11) is 3.87. The normalized spacial score (nSPS) is 12.9. The summed E-state index contributed by atoms with van der Waals surface area (Å²) in [6.45, 7) is 11.3. The van der Waals surface area contributed by atoms with Crippen molar-refractivity contribution >= 4 is 11.9 Å². The van der Waals surface area contributed by atoms with Crippen LogP contribution < -0.4 is 11.0 Å². The lowest BCUT2D eigenvalue weighted by atomic mass is 9.90. The van der Waals surface area contributed by atoms with Crippen molar-refractivity contribution in [2.75, 3.05) is 20.6 Å². The van der Waals surface area contributed by atoms with Crippen molar-refractivity contribution in [1.29, 1.82) is 0 Å². The van der Waals surface area contributed by atoms with Crippen LogP contribution in [0.4, 0.5) is 8.78 Å². The molecular formula is C33H42F2N4O4. The van der Waals surface area contributed by atoms with Crippen molar-refractivity contribution in [3.8, 4) is 11.1 Å². The predicted molar refractivity (Wildman–Crippen MR) is 163 cm³/mol. The minimum Gasteiger partial charge on any atom is -0.481 e. The molecule has 0 bridgehead atoms. The van der Waals surface area contributed by atoms with Gasteiger partial charge in [0.05, 0.1) is 12.5 Å². The summed E-state index contributed by atoms with van der Waals surface area (Å²) in [6.07, 6.45) is 1.96. The van der Waals surface area contributed by atoms with E-state index in [-0.39, 0.29) is 23.5 Å². The van der Waals surface area contributed by atoms with E-state index in [0.29, 0.717) is 40.9 Å². The first-order valence-electron chi connectivity index (χ1n) is 14.4. The fourth-order valence-electron chi connectivity index (χ4n) is 5.44. The Balaban J connectivity index is 2.10. The Labute approximate surface area is 251 Å². The highest BCUT2D eigenvalue weighted by atomic mass is 19.1. The fraction of sp³-hybridized carbons (Fsp3) is 0.455. The third-order valence-corrected chi connectivity index (χ3v) is 7.54. The van der Waals surface area contributed by atoms with Crippen LogP contribution in [0.2, 0.25) is 0 Å². The van der Waals surface area contributed by atoms with Gasteiger partial charge in [0, 0.05) is 24.0 Å². The maximum Gasteiger partial charge on any atom is 0.348 e. The lowest BCUT2D eigenvalue weighted by molar-refractivity contribution is -0.138. The van der Waals surface area contributed by atoms with E-state index in [1.807, 2.05) is 32.8 Å². The van der Waals surface area contributed by atoms with E-state index in [2.05, 4.69) is 10.3 Å². The number of likely N-dealkylation sites (N-methyl/N-ethyl adjacent to an activating group) is 1. The quantitative estimate of drug-likeness (QED) is 0.288. The zero-order chi connectivity index (χ0) is 32.2. The Morgan fingerprint density at radius 1 is 1.02 bits per heavy atom. The summed E-state index contributed by atoms with van der Waals surface area (Å²) in [5, 5.41) is 12.5. The molecule has 0 spiro atoms. The number of aryl methyl sites for hydroxylation is 4. The van der Waals surface area contributed by atoms with Gasteiger partial charge in [0.15, 0.2) is 0 Å². The maximum atomic E-state index is 15.7. The van der Waals surface area contributed by atoms with Crippen molar-refractivity contribution in [2.45, 2.75) is 72.9 Å². The van der Waals surface area contributed by atoms with Crippen LogP contribution in [-0.4, -0.2) is 52.1 Å². The highest BCUT2D eigenvalue weighted by Crippen LogP contribution is 2.34. The number of aliphatic carboxylic acids is 1. The fourth-order valence-corrected chi connectivity index (χ4v) is 5.44. The number of carbonyl (C=O) groups excluding carboxylic acids is 1. The molecule has 2 N–H and O–H groups in total. The maximum absolute atomic E-state index is 15.7. The number of amides is 1. The molecule has 3 aromatic rings. The van der Waals surface area contributed by atoms with Crippen LogP contribution in [0.3, 0.4) is 0 Å². The summed E-state index contributed by atoms with van der Waals surface area (Å²) < 4.78 is 31.0. The Bertz CT molecular complexity index is 1540. The number of carbonyl (C=O) groups is 2. The van der Waals surface area contributed by atoms with Crippen LogP contribution in [0.5, 0.6) is 0 Å². The molecule has 1 amide bonds. The average molecular weight is 597 g/mol. The Morgan fingerprint density at radius 2 is 1.65 bits per heavy atom. The number of halogens is 2. The standard InChI is InChI=1S/C33H42F2N4O4/c1-18(2)11-28(39-17-23(9-10-38(7)8)22(6)36-33(39)43)32(42)37-27(16-29(40)41)26-15-24(12-21(5)31(26)35)30-19(3)13-25(34)14-20(30)4/h12-15,17-18,27-28H,9-11,16H2,1-8H3,(H,37,42)(H,40,41). The zero-order valence-electron chi connectivity index (χ0n) is 26.2. The van der Waals surface area contributed by atoms with Gasteiger partial charge in [0.25, 0.3) is 0 Å². The van der Waals surface area contributed by atoms with Crippen molar-refractivity contribution in [3.63, 3.8) is 0 Å². The number of nitrogens with one attached hydrogen (secondary N) is 1. The van der Waals surface area contributed by atoms with Gasteiger partial charge in [0.1, 0.15) is 17.7 Å². The molecule has 1 heterocycles. The number of nitrogens with zero attached hydrogens (tertiary/aromatic N) is 3. The van der Waals surface area contributed by atoms with Gasteiger partial charge in [0.2, 0.25) is 5.91 Å². The van der Waals surface area contributed by atoms with E-state index in [0.717, 1.165) is 5.56 Å². The van der Waals surface area contributed by atoms with Crippen molar-refractivity contribution in [1.82, 2.24) is 19.8 Å². The third kappa shape index (κ3) is 8.34. The summed E-state index contributed by atoms with van der Waals surface area (Å²) in [4.78, 5) is 45.1. The van der Waals surface area contributed by atoms with Gasteiger partial charge in [-0.15, -0.1) is 0 Å². The molecule has 2 atom stereocenters. The first kappa shape index (κ1) is 33.6. The molecule has 0 aliphatic heterocycles. The highest BCUT2D eigenvalue weighted by molar-refractivity contribution is 5.82. The lowest BCUT2D eigenvalue weighted by Gasteiger charge is -2.26. The number of carboxylic acids is 1. The van der Waals surface area contributed by atoms with Crippen molar-refractivity contribution in [3.05, 3.63) is 86.1 Å². The van der Waals surface area contributed by atoms with Gasteiger partial charge in [-0.25, -0.2) is 13.6 Å². The topological polar surface area (TPSA) is 105 Å². The molecule has 2 aromatic carbocycles. The zero-order valence-corrected chi connectivity index (χ0v) is 26.2. The average Bonchev–Trinajstić information content (AvgIpc) is 2.87. The van der Waals surface area contributed by atoms with Crippen molar-refractivity contribution < 1.29 is 23.5 Å². The Kier molecular flexibility index (Phi) is 11.0. The van der Waals surface area contributed by atoms with E-state index in [4.69, 9.17) is 0 Å². The van der Waals surface area contributed by atoms with E-state index < -0.39 is 47.7 Å². The van der Waals surface area contributed by atoms with Crippen LogP contribution >= 0.6 is 0 Å². The first-order chi connectivity index (χ1) is 20.1. The molecular weight excluding hydrogens is 554 g/mol. The molecule has 0 aliphatic rings. The van der Waals surface area contributed by atoms with Crippen LogP contribution in [0.1, 0.15) is 72.3 Å². The monoisotopic (exact) mass is 596 g/mol. The molecule has 0 aliphatic carbocycles. The van der Waals surface area contributed by atoms with E-state index in [1.54, 1.807) is 40.0 Å². The van der Waals surface area contributed by atoms with Crippen LogP contribution in [0.25, 0.3) is 11.1 Å². The first-order valence-corrected chi connectivity index (χ1v) is 14.4. The molecule has 10 heteroatoms. The van der Waals surface area contributed by atoms with Crippen LogP contribution in [-0.2, 0) is 16.0 Å². The molecule has 1 aromatic heterocycles. The van der Waals surface area contributed by atoms with E-state index >= 15 is 4.39 Å². The molecule has 8 nitrogen and oxygen atoms in total. The van der Waals surface area contributed by atoms with Crippen LogP contribution in [0.15, 0.2) is 35.3 Å². The number of benzene rings is 2. The SMILES string of the molecule is Cc1cc(-c2c(C)cc(F)cc2C)cc(C(CC(=O)O)NC(=O)C(CC(C)C)n2cc(CCN(C)C)c(C)nc2=O)c1F. The van der Waals surface area contributed by atoms with Gasteiger partial charge in [-0.1, -0.05) is 13.8 Å². The predicted octanol–water partition coefficient (Wildman–Crippen LogP) is 5.45. The third-order valence-electron chi connectivity index (χ3n) is 7.54. The largest absolute Gasteiger partial charge is 0.481 e. The summed E-state index contributed by atoms with van der Waals surface area (Å²) in [5.41, 5.74) is 3.62. The summed E-state index contributed by atoms with van der Waals surface area (Å²) >= 11 is 0. The van der Waals surface area contributed by atoms with E-state index in [9.17, 15) is 23.9 Å². The molecule has 0 radical (unpaired) electrons. The molecule has 0 saturated carbocycles. The van der Waals surface area contributed by atoms with Gasteiger partial charge in [-0.05, 0) is 118 Å². The highest BCUT2D eigenvalue weighted by Gasteiger charge is 2.30. The lowest BCUT2D eigenvalue weighted by Crippen LogP contribution is -2.41. The Morgan fingerprint density at radius 3 is 2.21 bits per heavy atom. The second-order valence-electron chi connectivity index (χ2n) is 12.0. The van der Waals surface area contributed by atoms with Gasteiger partial charge in [-0.3, -0.25) is 14.2 Å². The van der Waals surface area contributed by atoms with Gasteiger partial charge in [-0.2, -0.15) is 4.98 Å². The molecule has 0 saturated heterocycles. The van der Waals surface area contributed by atoms with Crippen LogP contribution in [0, 0.1) is 45.2 Å². The number of aromatic nitrogens is 2. The summed E-state index contributed by atoms with van der Waals surface area (Å²) in [5.74, 6) is -2.88.